The van der Waals surface area contributed by atoms with Crippen molar-refractivity contribution in [2.24, 2.45) is 0 Å². The molecule has 1 aliphatic heterocycles. The minimum absolute atomic E-state index is 0.103. The van der Waals surface area contributed by atoms with Gasteiger partial charge in [-0.15, -0.1) is 0 Å². The van der Waals surface area contributed by atoms with Gasteiger partial charge in [-0.25, -0.2) is 4.79 Å². The Bertz CT molecular complexity index is 614. The molecule has 1 heterocycles. The van der Waals surface area contributed by atoms with Gasteiger partial charge in [0.2, 0.25) is 0 Å². The van der Waals surface area contributed by atoms with Crippen LogP contribution in [0.3, 0.4) is 0 Å². The van der Waals surface area contributed by atoms with Crippen LogP contribution in [-0.2, 0) is 6.54 Å². The summed E-state index contributed by atoms with van der Waals surface area (Å²) in [6, 6.07) is 9.29. The number of carbonyl (C=O) groups is 1. The topological polar surface area (TPSA) is 38.8 Å². The molecule has 1 saturated heterocycles. The second-order valence-corrected chi connectivity index (χ2v) is 8.43. The van der Waals surface area contributed by atoms with Gasteiger partial charge in [0.15, 0.2) is 0 Å². The Labute approximate surface area is 164 Å². The van der Waals surface area contributed by atoms with Crippen LogP contribution in [0.1, 0.15) is 43.2 Å². The molecule has 1 atom stereocenters. The van der Waals surface area contributed by atoms with Crippen molar-refractivity contribution in [2.45, 2.75) is 57.7 Å². The molecule has 27 heavy (non-hydrogen) atoms. The Morgan fingerprint density at radius 3 is 2.63 bits per heavy atom. The van der Waals surface area contributed by atoms with E-state index in [4.69, 9.17) is 0 Å². The van der Waals surface area contributed by atoms with Gasteiger partial charge in [-0.05, 0) is 45.0 Å². The predicted molar refractivity (Wildman–Crippen MR) is 111 cm³/mol. The van der Waals surface area contributed by atoms with Crippen LogP contribution in [0.2, 0.25) is 0 Å². The lowest BCUT2D eigenvalue weighted by atomic mass is 9.93. The van der Waals surface area contributed by atoms with Crippen LogP contribution >= 0.6 is 0 Å². The van der Waals surface area contributed by atoms with Crippen LogP contribution in [0, 0.1) is 6.92 Å². The fourth-order valence-electron chi connectivity index (χ4n) is 4.36. The molecule has 1 saturated carbocycles. The maximum Gasteiger partial charge on any atom is 0.318 e. The number of piperazine rings is 1. The molecular weight excluding hydrogens is 336 g/mol. The highest BCUT2D eigenvalue weighted by molar-refractivity contribution is 5.74. The predicted octanol–water partition coefficient (Wildman–Crippen LogP) is 3.09. The molecule has 1 aromatic carbocycles. The van der Waals surface area contributed by atoms with E-state index in [-0.39, 0.29) is 6.03 Å². The first kappa shape index (κ1) is 20.2. The zero-order chi connectivity index (χ0) is 19.2. The van der Waals surface area contributed by atoms with E-state index in [0.717, 1.165) is 39.0 Å². The largest absolute Gasteiger partial charge is 0.336 e. The molecule has 2 fully saturated rings. The molecule has 2 aliphatic rings. The van der Waals surface area contributed by atoms with Gasteiger partial charge in [0.25, 0.3) is 0 Å². The molecule has 0 bridgehead atoms. The molecular formula is C22H36N4O. The number of amides is 2. The van der Waals surface area contributed by atoms with E-state index in [2.05, 4.69) is 65.3 Å². The van der Waals surface area contributed by atoms with Crippen LogP contribution in [0.4, 0.5) is 4.79 Å². The number of urea groups is 1. The molecule has 0 radical (unpaired) electrons. The second-order valence-electron chi connectivity index (χ2n) is 8.43. The van der Waals surface area contributed by atoms with E-state index in [0.29, 0.717) is 18.6 Å². The van der Waals surface area contributed by atoms with E-state index < -0.39 is 0 Å². The van der Waals surface area contributed by atoms with Gasteiger partial charge in [-0.1, -0.05) is 43.5 Å². The fourth-order valence-corrected chi connectivity index (χ4v) is 4.36. The Morgan fingerprint density at radius 2 is 1.89 bits per heavy atom. The first-order valence-electron chi connectivity index (χ1n) is 10.5. The van der Waals surface area contributed by atoms with Gasteiger partial charge >= 0.3 is 6.03 Å². The zero-order valence-corrected chi connectivity index (χ0v) is 17.3. The highest BCUT2D eigenvalue weighted by Gasteiger charge is 2.28. The first-order chi connectivity index (χ1) is 13.0. The van der Waals surface area contributed by atoms with Crippen molar-refractivity contribution in [3.63, 3.8) is 0 Å². The van der Waals surface area contributed by atoms with Crippen LogP contribution in [0.5, 0.6) is 0 Å². The molecule has 1 aliphatic carbocycles. The quantitative estimate of drug-likeness (QED) is 0.863. The number of carbonyl (C=O) groups excluding carboxylic acids is 1. The molecule has 1 N–H and O–H groups in total. The summed E-state index contributed by atoms with van der Waals surface area (Å²) in [7, 11) is 4.32. The fraction of sp³-hybridized carbons (Fsp3) is 0.682. The lowest BCUT2D eigenvalue weighted by molar-refractivity contribution is 0.108. The van der Waals surface area contributed by atoms with Crippen molar-refractivity contribution in [3.8, 4) is 0 Å². The maximum atomic E-state index is 13.2. The van der Waals surface area contributed by atoms with E-state index >= 15 is 0 Å². The van der Waals surface area contributed by atoms with Gasteiger partial charge in [0, 0.05) is 44.8 Å². The summed E-state index contributed by atoms with van der Waals surface area (Å²) in [4.78, 5) is 20.0. The molecule has 0 aromatic heterocycles. The minimum atomic E-state index is 0.103. The van der Waals surface area contributed by atoms with E-state index in [1.807, 2.05) is 0 Å². The van der Waals surface area contributed by atoms with Crippen molar-refractivity contribution >= 4 is 6.03 Å². The highest BCUT2D eigenvalue weighted by Crippen LogP contribution is 2.25. The molecule has 0 unspecified atom stereocenters. The summed E-state index contributed by atoms with van der Waals surface area (Å²) in [5.41, 5.74) is 2.52. The number of likely N-dealkylation sites (N-methyl/N-ethyl adjacent to an activating group) is 2. The van der Waals surface area contributed by atoms with E-state index in [9.17, 15) is 4.79 Å². The number of benzene rings is 1. The van der Waals surface area contributed by atoms with Gasteiger partial charge in [0.1, 0.15) is 0 Å². The summed E-state index contributed by atoms with van der Waals surface area (Å²) in [6.07, 6.45) is 6.03. The van der Waals surface area contributed by atoms with Crippen LogP contribution in [0.15, 0.2) is 24.3 Å². The Balaban J connectivity index is 1.65. The van der Waals surface area contributed by atoms with Crippen LogP contribution in [0.25, 0.3) is 0 Å². The summed E-state index contributed by atoms with van der Waals surface area (Å²) in [5, 5.41) is 3.26. The Kier molecular flexibility index (Phi) is 7.13. The smallest absolute Gasteiger partial charge is 0.318 e. The Morgan fingerprint density at radius 1 is 1.15 bits per heavy atom. The van der Waals surface area contributed by atoms with Gasteiger partial charge in [-0.2, -0.15) is 0 Å². The number of aryl methyl sites for hydroxylation is 1. The second kappa shape index (κ2) is 9.56. The standard InChI is InChI=1S/C22H36N4O/c1-18-9-7-8-10-19(18)16-26(20-11-5-4-6-12-20)22(27)23-15-21-17-24(2)13-14-25(21)3/h7-10,20-21H,4-6,11-17H2,1-3H3,(H,23,27)/t21-/m0/s1. The van der Waals surface area contributed by atoms with Crippen molar-refractivity contribution < 1.29 is 4.79 Å². The third-order valence-electron chi connectivity index (χ3n) is 6.35. The minimum Gasteiger partial charge on any atom is -0.336 e. The van der Waals surface area contributed by atoms with Crippen molar-refractivity contribution in [1.29, 1.82) is 0 Å². The molecule has 5 heteroatoms. The summed E-state index contributed by atoms with van der Waals surface area (Å²) in [5.74, 6) is 0. The van der Waals surface area contributed by atoms with Gasteiger partial charge in [0.05, 0.1) is 0 Å². The average molecular weight is 373 g/mol. The number of nitrogens with zero attached hydrogens (tertiary/aromatic N) is 3. The van der Waals surface area contributed by atoms with Crippen LogP contribution in [-0.4, -0.2) is 73.1 Å². The number of hydrogen-bond donors (Lipinski definition) is 1. The molecule has 0 spiro atoms. The first-order valence-corrected chi connectivity index (χ1v) is 10.5. The summed E-state index contributed by atoms with van der Waals surface area (Å²) >= 11 is 0. The number of hydrogen-bond acceptors (Lipinski definition) is 3. The summed E-state index contributed by atoms with van der Waals surface area (Å²) < 4.78 is 0. The van der Waals surface area contributed by atoms with Crippen molar-refractivity contribution in [1.82, 2.24) is 20.0 Å². The Hall–Kier alpha value is -1.59. The molecule has 150 valence electrons. The monoisotopic (exact) mass is 372 g/mol. The van der Waals surface area contributed by atoms with Crippen LogP contribution < -0.4 is 5.32 Å². The van der Waals surface area contributed by atoms with Crippen molar-refractivity contribution in [3.05, 3.63) is 35.4 Å². The van der Waals surface area contributed by atoms with Gasteiger partial charge in [-0.3, -0.25) is 4.90 Å². The lowest BCUT2D eigenvalue weighted by Gasteiger charge is -2.39. The lowest BCUT2D eigenvalue weighted by Crippen LogP contribution is -2.56. The van der Waals surface area contributed by atoms with E-state index in [1.165, 1.54) is 30.4 Å². The summed E-state index contributed by atoms with van der Waals surface area (Å²) in [6.45, 7) is 6.74. The highest BCUT2D eigenvalue weighted by atomic mass is 16.2. The normalized spacial score (nSPS) is 22.6. The number of nitrogens with one attached hydrogen (secondary N) is 1. The third kappa shape index (κ3) is 5.45. The molecule has 3 rings (SSSR count). The average Bonchev–Trinajstić information content (AvgIpc) is 2.68. The zero-order valence-electron chi connectivity index (χ0n) is 17.3. The molecule has 2 amide bonds. The number of rotatable bonds is 5. The van der Waals surface area contributed by atoms with Gasteiger partial charge < -0.3 is 15.1 Å². The van der Waals surface area contributed by atoms with E-state index in [1.54, 1.807) is 0 Å². The third-order valence-corrected chi connectivity index (χ3v) is 6.35. The molecule has 5 nitrogen and oxygen atoms in total. The van der Waals surface area contributed by atoms with Crippen molar-refractivity contribution in [2.75, 3.05) is 40.3 Å². The SMILES string of the molecule is Cc1ccccc1CN(C(=O)NC[C@H]1CN(C)CCN1C)C1CCCCC1. The molecule has 1 aromatic rings. The maximum absolute atomic E-state index is 13.2.